The van der Waals surface area contributed by atoms with E-state index in [4.69, 9.17) is 16.9 Å². The van der Waals surface area contributed by atoms with Gasteiger partial charge in [-0.05, 0) is 71.4 Å². The number of terminal acetylenes is 1. The summed E-state index contributed by atoms with van der Waals surface area (Å²) >= 11 is 0. The van der Waals surface area contributed by atoms with Crippen molar-refractivity contribution in [3.8, 4) is 18.1 Å². The Balaban J connectivity index is 2.05. The maximum atomic E-state index is 12.9. The number of nitrogens with two attached hydrogens (primary N) is 1. The summed E-state index contributed by atoms with van der Waals surface area (Å²) in [5.74, 6) is 2.39. The topological polar surface area (TPSA) is 106 Å². The van der Waals surface area contributed by atoms with Crippen LogP contribution in [-0.4, -0.2) is 26.0 Å². The second-order valence-corrected chi connectivity index (χ2v) is 11.4. The van der Waals surface area contributed by atoms with Crippen molar-refractivity contribution in [2.24, 2.45) is 10.7 Å². The minimum absolute atomic E-state index is 0.0889. The molecular weight excluding hydrogens is 448 g/mol. The molecule has 0 radical (unpaired) electrons. The summed E-state index contributed by atoms with van der Waals surface area (Å²) in [5, 5.41) is 5.90. The molecule has 4 N–H and O–H groups in total. The van der Waals surface area contributed by atoms with Crippen LogP contribution in [0.2, 0.25) is 0 Å². The fourth-order valence-corrected chi connectivity index (χ4v) is 4.75. The van der Waals surface area contributed by atoms with Gasteiger partial charge in [-0.1, -0.05) is 18.1 Å². The molecule has 3 rings (SSSR count). The molecule has 0 spiro atoms. The van der Waals surface area contributed by atoms with Gasteiger partial charge in [0.15, 0.2) is 9.84 Å². The standard InChI is InChI=1S/C26H32N4O3S/c1-8-20-14-21(23(13-18(20)6)33-16(2)3)26(27)28-15-19(7)25(30-26)29-22-11-9-10-12-24(22)34(31,32)17(4)5/h1,9-17,29-30H,27H2,2-7H3. The van der Waals surface area contributed by atoms with Crippen molar-refractivity contribution in [1.29, 1.82) is 0 Å². The van der Waals surface area contributed by atoms with E-state index in [0.717, 1.165) is 11.1 Å². The number of hydrogen-bond donors (Lipinski definition) is 3. The lowest BCUT2D eigenvalue weighted by atomic mass is 9.98. The molecule has 34 heavy (non-hydrogen) atoms. The van der Waals surface area contributed by atoms with Crippen molar-refractivity contribution in [3.05, 3.63) is 64.5 Å². The molecule has 8 heteroatoms. The van der Waals surface area contributed by atoms with Crippen LogP contribution in [0.15, 0.2) is 57.7 Å². The van der Waals surface area contributed by atoms with Gasteiger partial charge in [0.2, 0.25) is 5.79 Å². The van der Waals surface area contributed by atoms with E-state index >= 15 is 0 Å². The fourth-order valence-electron chi connectivity index (χ4n) is 3.54. The van der Waals surface area contributed by atoms with E-state index in [2.05, 4.69) is 21.5 Å². The van der Waals surface area contributed by atoms with E-state index in [-0.39, 0.29) is 11.0 Å². The Bertz CT molecular complexity index is 1300. The molecule has 0 fully saturated rings. The molecule has 0 saturated heterocycles. The lowest BCUT2D eigenvalue weighted by Gasteiger charge is -2.35. The highest BCUT2D eigenvalue weighted by atomic mass is 32.2. The van der Waals surface area contributed by atoms with Gasteiger partial charge >= 0.3 is 0 Å². The second-order valence-electron chi connectivity index (χ2n) is 8.90. The fraction of sp³-hybridized carbons (Fsp3) is 0.346. The molecule has 0 bridgehead atoms. The van der Waals surface area contributed by atoms with Crippen LogP contribution in [0.25, 0.3) is 0 Å². The lowest BCUT2D eigenvalue weighted by molar-refractivity contribution is 0.231. The van der Waals surface area contributed by atoms with Crippen molar-refractivity contribution in [1.82, 2.24) is 5.32 Å². The molecule has 1 atom stereocenters. The number of para-hydroxylation sites is 1. The van der Waals surface area contributed by atoms with Crippen LogP contribution in [0.5, 0.6) is 5.75 Å². The van der Waals surface area contributed by atoms with Crippen LogP contribution in [0, 0.1) is 19.3 Å². The SMILES string of the molecule is C#Cc1cc(C2(N)N=CC(C)=C(Nc3ccccc3S(=O)(=O)C(C)C)N2)c(OC(C)C)cc1C. The molecule has 0 aliphatic carbocycles. The summed E-state index contributed by atoms with van der Waals surface area (Å²) in [6, 6.07) is 10.4. The van der Waals surface area contributed by atoms with Crippen LogP contribution in [0.4, 0.5) is 5.69 Å². The minimum atomic E-state index is -3.51. The molecule has 1 heterocycles. The predicted molar refractivity (Wildman–Crippen MR) is 137 cm³/mol. The first kappa shape index (κ1) is 25.3. The zero-order valence-corrected chi connectivity index (χ0v) is 21.2. The van der Waals surface area contributed by atoms with E-state index in [0.29, 0.717) is 28.4 Å². The Labute approximate surface area is 202 Å². The molecule has 7 nitrogen and oxygen atoms in total. The van der Waals surface area contributed by atoms with Gasteiger partial charge in [0.1, 0.15) is 11.6 Å². The highest BCUT2D eigenvalue weighted by molar-refractivity contribution is 7.92. The molecule has 1 aliphatic heterocycles. The first-order valence-corrected chi connectivity index (χ1v) is 12.6. The molecule has 2 aromatic carbocycles. The van der Waals surface area contributed by atoms with Crippen molar-refractivity contribution < 1.29 is 13.2 Å². The van der Waals surface area contributed by atoms with Crippen molar-refractivity contribution >= 4 is 21.7 Å². The van der Waals surface area contributed by atoms with Gasteiger partial charge in [-0.25, -0.2) is 13.4 Å². The van der Waals surface area contributed by atoms with Crippen LogP contribution < -0.4 is 21.1 Å². The molecule has 0 amide bonds. The summed E-state index contributed by atoms with van der Waals surface area (Å²) in [6.07, 6.45) is 7.26. The average molecular weight is 481 g/mol. The van der Waals surface area contributed by atoms with Gasteiger partial charge in [-0.2, -0.15) is 0 Å². The van der Waals surface area contributed by atoms with E-state index in [9.17, 15) is 8.42 Å². The Morgan fingerprint density at radius 2 is 1.85 bits per heavy atom. The van der Waals surface area contributed by atoms with Gasteiger partial charge < -0.3 is 15.4 Å². The highest BCUT2D eigenvalue weighted by Gasteiger charge is 2.34. The van der Waals surface area contributed by atoms with Crippen LogP contribution in [0.3, 0.4) is 0 Å². The number of nitrogens with zero attached hydrogens (tertiary/aromatic N) is 1. The van der Waals surface area contributed by atoms with E-state index < -0.39 is 20.9 Å². The van der Waals surface area contributed by atoms with E-state index in [1.807, 2.05) is 33.8 Å². The Hall–Kier alpha value is -3.28. The molecule has 1 unspecified atom stereocenters. The van der Waals surface area contributed by atoms with Gasteiger partial charge in [0, 0.05) is 17.4 Å². The number of ether oxygens (including phenoxy) is 1. The lowest BCUT2D eigenvalue weighted by Crippen LogP contribution is -2.52. The average Bonchev–Trinajstić information content (AvgIpc) is 2.76. The number of sulfone groups is 1. The molecule has 180 valence electrons. The van der Waals surface area contributed by atoms with Crippen molar-refractivity contribution in [2.45, 2.75) is 63.6 Å². The number of allylic oxidation sites excluding steroid dienone is 1. The molecule has 0 saturated carbocycles. The Kier molecular flexibility index (Phi) is 7.10. The maximum Gasteiger partial charge on any atom is 0.213 e. The normalized spacial score (nSPS) is 18.1. The molecule has 0 aromatic heterocycles. The van der Waals surface area contributed by atoms with Crippen molar-refractivity contribution in [3.63, 3.8) is 0 Å². The number of benzene rings is 2. The smallest absolute Gasteiger partial charge is 0.213 e. The zero-order valence-electron chi connectivity index (χ0n) is 20.4. The monoisotopic (exact) mass is 480 g/mol. The second kappa shape index (κ2) is 9.53. The van der Waals surface area contributed by atoms with Crippen LogP contribution in [0.1, 0.15) is 51.3 Å². The first-order valence-electron chi connectivity index (χ1n) is 11.1. The largest absolute Gasteiger partial charge is 0.490 e. The number of anilines is 1. The third kappa shape index (κ3) is 4.96. The number of aryl methyl sites for hydroxylation is 1. The number of aliphatic imine (C=N–C) groups is 1. The summed E-state index contributed by atoms with van der Waals surface area (Å²) in [7, 11) is -3.51. The highest BCUT2D eigenvalue weighted by Crippen LogP contribution is 2.34. The third-order valence-electron chi connectivity index (χ3n) is 5.50. The third-order valence-corrected chi connectivity index (χ3v) is 7.71. The predicted octanol–water partition coefficient (Wildman–Crippen LogP) is 4.03. The molecule has 1 aliphatic rings. The van der Waals surface area contributed by atoms with Gasteiger partial charge in [0.25, 0.3) is 0 Å². The van der Waals surface area contributed by atoms with Crippen LogP contribution in [-0.2, 0) is 15.6 Å². The number of hydrogen-bond acceptors (Lipinski definition) is 7. The number of nitrogens with one attached hydrogen (secondary N) is 2. The van der Waals surface area contributed by atoms with Gasteiger partial charge in [0.05, 0.1) is 27.5 Å². The summed E-state index contributed by atoms with van der Waals surface area (Å²) in [6.45, 7) is 10.9. The van der Waals surface area contributed by atoms with Gasteiger partial charge in [-0.15, -0.1) is 6.42 Å². The minimum Gasteiger partial charge on any atom is -0.490 e. The Morgan fingerprint density at radius 1 is 1.18 bits per heavy atom. The number of rotatable bonds is 7. The van der Waals surface area contributed by atoms with Gasteiger partial charge in [-0.3, -0.25) is 5.73 Å². The van der Waals surface area contributed by atoms with E-state index in [1.54, 1.807) is 50.4 Å². The molecular formula is C26H32N4O3S. The van der Waals surface area contributed by atoms with Crippen LogP contribution >= 0.6 is 0 Å². The summed E-state index contributed by atoms with van der Waals surface area (Å²) < 4.78 is 31.9. The van der Waals surface area contributed by atoms with Crippen molar-refractivity contribution in [2.75, 3.05) is 5.32 Å². The zero-order chi connectivity index (χ0) is 25.3. The quantitative estimate of drug-likeness (QED) is 0.517. The summed E-state index contributed by atoms with van der Waals surface area (Å²) in [4.78, 5) is 4.77. The Morgan fingerprint density at radius 3 is 2.47 bits per heavy atom. The summed E-state index contributed by atoms with van der Waals surface area (Å²) in [5.41, 5.74) is 10.1. The molecule has 2 aromatic rings. The van der Waals surface area contributed by atoms with E-state index in [1.165, 1.54) is 0 Å². The maximum absolute atomic E-state index is 12.9. The first-order chi connectivity index (χ1) is 15.9.